The van der Waals surface area contributed by atoms with Crippen LogP contribution >= 0.6 is 0 Å². The predicted molar refractivity (Wildman–Crippen MR) is 97.8 cm³/mol. The van der Waals surface area contributed by atoms with Crippen molar-refractivity contribution in [3.8, 4) is 11.1 Å². The van der Waals surface area contributed by atoms with Gasteiger partial charge in [0, 0.05) is 6.54 Å². The molecule has 132 valence electrons. The zero-order valence-electron chi connectivity index (χ0n) is 14.6. The molecule has 2 aromatic rings. The van der Waals surface area contributed by atoms with E-state index in [0.717, 1.165) is 17.5 Å². The van der Waals surface area contributed by atoms with E-state index in [0.29, 0.717) is 12.1 Å². The number of aliphatic hydroxyl groups is 1. The van der Waals surface area contributed by atoms with Gasteiger partial charge >= 0.3 is 11.8 Å². The minimum Gasteiger partial charge on any atom is -0.384 e. The molecule has 2 amide bonds. The summed E-state index contributed by atoms with van der Waals surface area (Å²) in [5, 5.41) is 15.6. The van der Waals surface area contributed by atoms with E-state index in [1.807, 2.05) is 61.5 Å². The molecule has 0 saturated heterocycles. The Kier molecular flexibility index (Phi) is 6.31. The fraction of sp³-hybridized carbons (Fsp3) is 0.300. The molecule has 0 aromatic heterocycles. The monoisotopic (exact) mass is 340 g/mol. The molecule has 0 fully saturated rings. The van der Waals surface area contributed by atoms with E-state index in [-0.39, 0.29) is 6.54 Å². The van der Waals surface area contributed by atoms with Crippen molar-refractivity contribution in [2.45, 2.75) is 25.9 Å². The Bertz CT molecular complexity index is 709. The molecule has 0 spiro atoms. The molecule has 2 aromatic carbocycles. The summed E-state index contributed by atoms with van der Waals surface area (Å²) in [5.74, 6) is -1.42. The third-order valence-corrected chi connectivity index (χ3v) is 3.95. The van der Waals surface area contributed by atoms with E-state index in [1.165, 1.54) is 0 Å². The van der Waals surface area contributed by atoms with Crippen LogP contribution in [0.3, 0.4) is 0 Å². The van der Waals surface area contributed by atoms with Gasteiger partial charge in [0.2, 0.25) is 0 Å². The van der Waals surface area contributed by atoms with Crippen LogP contribution in [0.25, 0.3) is 11.1 Å². The van der Waals surface area contributed by atoms with Crippen LogP contribution in [0.2, 0.25) is 0 Å². The molecule has 0 aliphatic heterocycles. The number of rotatable bonds is 6. The first kappa shape index (κ1) is 18.7. The van der Waals surface area contributed by atoms with Crippen LogP contribution in [0, 0.1) is 0 Å². The molecule has 3 N–H and O–H groups in total. The number of carbonyl (C=O) groups excluding carboxylic acids is 2. The Balaban J connectivity index is 1.99. The number of benzene rings is 2. The van der Waals surface area contributed by atoms with Crippen molar-refractivity contribution < 1.29 is 14.7 Å². The predicted octanol–water partition coefficient (Wildman–Crippen LogP) is 2.20. The molecule has 0 aliphatic rings. The highest BCUT2D eigenvalue weighted by molar-refractivity contribution is 6.35. The lowest BCUT2D eigenvalue weighted by Crippen LogP contribution is -2.45. The number of amides is 2. The van der Waals surface area contributed by atoms with E-state index >= 15 is 0 Å². The van der Waals surface area contributed by atoms with Crippen molar-refractivity contribution in [3.05, 3.63) is 60.2 Å². The fourth-order valence-electron chi connectivity index (χ4n) is 2.41. The SMILES string of the molecule is CCCNC(=O)C(=O)NCC(C)(O)c1ccc(-c2ccccc2)cc1. The van der Waals surface area contributed by atoms with E-state index < -0.39 is 17.4 Å². The van der Waals surface area contributed by atoms with Gasteiger partial charge in [0.1, 0.15) is 5.60 Å². The summed E-state index contributed by atoms with van der Waals surface area (Å²) in [6.07, 6.45) is 0.754. The summed E-state index contributed by atoms with van der Waals surface area (Å²) in [5.41, 5.74) is 1.54. The fourth-order valence-corrected chi connectivity index (χ4v) is 2.41. The Morgan fingerprint density at radius 1 is 0.920 bits per heavy atom. The van der Waals surface area contributed by atoms with E-state index in [9.17, 15) is 14.7 Å². The van der Waals surface area contributed by atoms with Crippen molar-refractivity contribution in [1.82, 2.24) is 10.6 Å². The van der Waals surface area contributed by atoms with Crippen molar-refractivity contribution in [2.75, 3.05) is 13.1 Å². The Labute approximate surface area is 148 Å². The maximum absolute atomic E-state index is 11.7. The van der Waals surface area contributed by atoms with Crippen molar-refractivity contribution in [3.63, 3.8) is 0 Å². The summed E-state index contributed by atoms with van der Waals surface area (Å²) in [4.78, 5) is 23.3. The number of hydrogen-bond donors (Lipinski definition) is 3. The third kappa shape index (κ3) is 5.16. The van der Waals surface area contributed by atoms with Gasteiger partial charge in [-0.2, -0.15) is 0 Å². The molecule has 0 radical (unpaired) electrons. The van der Waals surface area contributed by atoms with Gasteiger partial charge in [-0.15, -0.1) is 0 Å². The highest BCUT2D eigenvalue weighted by Gasteiger charge is 2.25. The Hall–Kier alpha value is -2.66. The van der Waals surface area contributed by atoms with Crippen molar-refractivity contribution in [2.24, 2.45) is 0 Å². The van der Waals surface area contributed by atoms with Gasteiger partial charge in [-0.05, 0) is 30.0 Å². The molecular weight excluding hydrogens is 316 g/mol. The second kappa shape index (κ2) is 8.44. The summed E-state index contributed by atoms with van der Waals surface area (Å²) in [7, 11) is 0. The highest BCUT2D eigenvalue weighted by Crippen LogP contribution is 2.24. The Morgan fingerprint density at radius 3 is 2.08 bits per heavy atom. The van der Waals surface area contributed by atoms with Gasteiger partial charge in [-0.25, -0.2) is 0 Å². The van der Waals surface area contributed by atoms with Crippen molar-refractivity contribution >= 4 is 11.8 Å². The molecule has 5 nitrogen and oxygen atoms in total. The second-order valence-corrected chi connectivity index (χ2v) is 6.16. The van der Waals surface area contributed by atoms with E-state index in [1.54, 1.807) is 6.92 Å². The molecular formula is C20H24N2O3. The first-order valence-electron chi connectivity index (χ1n) is 8.38. The molecule has 0 saturated carbocycles. The number of nitrogens with one attached hydrogen (secondary N) is 2. The quantitative estimate of drug-likeness (QED) is 0.706. The number of hydrogen-bond acceptors (Lipinski definition) is 3. The summed E-state index contributed by atoms with van der Waals surface area (Å²) in [6.45, 7) is 3.91. The minimum absolute atomic E-state index is 0.0456. The molecule has 0 aliphatic carbocycles. The van der Waals surface area contributed by atoms with Crippen LogP contribution in [-0.4, -0.2) is 30.0 Å². The third-order valence-electron chi connectivity index (χ3n) is 3.95. The summed E-state index contributed by atoms with van der Waals surface area (Å²) >= 11 is 0. The summed E-state index contributed by atoms with van der Waals surface area (Å²) in [6, 6.07) is 17.4. The molecule has 1 unspecified atom stereocenters. The van der Waals surface area contributed by atoms with E-state index in [4.69, 9.17) is 0 Å². The van der Waals surface area contributed by atoms with Gasteiger partial charge < -0.3 is 15.7 Å². The average molecular weight is 340 g/mol. The van der Waals surface area contributed by atoms with Gasteiger partial charge in [0.05, 0.1) is 6.54 Å². The van der Waals surface area contributed by atoms with Crippen LogP contribution in [0.1, 0.15) is 25.8 Å². The molecule has 1 atom stereocenters. The first-order valence-corrected chi connectivity index (χ1v) is 8.38. The lowest BCUT2D eigenvalue weighted by molar-refractivity contribution is -0.139. The van der Waals surface area contributed by atoms with Crippen LogP contribution in [0.4, 0.5) is 0 Å². The second-order valence-electron chi connectivity index (χ2n) is 6.16. The highest BCUT2D eigenvalue weighted by atomic mass is 16.3. The van der Waals surface area contributed by atoms with Crippen LogP contribution in [0.15, 0.2) is 54.6 Å². The Morgan fingerprint density at radius 2 is 1.48 bits per heavy atom. The zero-order chi connectivity index (χ0) is 18.3. The van der Waals surface area contributed by atoms with E-state index in [2.05, 4.69) is 10.6 Å². The summed E-state index contributed by atoms with van der Waals surface area (Å²) < 4.78 is 0. The largest absolute Gasteiger partial charge is 0.384 e. The average Bonchev–Trinajstić information content (AvgIpc) is 2.65. The van der Waals surface area contributed by atoms with Gasteiger partial charge in [0.25, 0.3) is 0 Å². The molecule has 5 heteroatoms. The lowest BCUT2D eigenvalue weighted by atomic mass is 9.93. The maximum Gasteiger partial charge on any atom is 0.309 e. The standard InChI is InChI=1S/C20H24N2O3/c1-3-13-21-18(23)19(24)22-14-20(2,25)17-11-9-16(10-12-17)15-7-5-4-6-8-15/h4-12,25H,3,13-14H2,1-2H3,(H,21,23)(H,22,24). The van der Waals surface area contributed by atoms with Crippen molar-refractivity contribution in [1.29, 1.82) is 0 Å². The van der Waals surface area contributed by atoms with Gasteiger partial charge in [0.15, 0.2) is 0 Å². The molecule has 2 rings (SSSR count). The lowest BCUT2D eigenvalue weighted by Gasteiger charge is -2.24. The smallest absolute Gasteiger partial charge is 0.309 e. The topological polar surface area (TPSA) is 78.4 Å². The van der Waals surface area contributed by atoms with Crippen LogP contribution < -0.4 is 10.6 Å². The van der Waals surface area contributed by atoms with Crippen LogP contribution in [0.5, 0.6) is 0 Å². The maximum atomic E-state index is 11.7. The first-order chi connectivity index (χ1) is 11.9. The van der Waals surface area contributed by atoms with Gasteiger partial charge in [-0.3, -0.25) is 9.59 Å². The molecule has 0 heterocycles. The van der Waals surface area contributed by atoms with Crippen LogP contribution in [-0.2, 0) is 15.2 Å². The minimum atomic E-state index is -1.27. The molecule has 25 heavy (non-hydrogen) atoms. The molecule has 0 bridgehead atoms. The number of carbonyl (C=O) groups is 2. The normalized spacial score (nSPS) is 12.9. The van der Waals surface area contributed by atoms with Gasteiger partial charge in [-0.1, -0.05) is 61.5 Å². The zero-order valence-corrected chi connectivity index (χ0v) is 14.6.